The molecule has 0 radical (unpaired) electrons. The molecule has 1 saturated heterocycles. The zero-order valence-electron chi connectivity index (χ0n) is 14.6. The molecular weight excluding hydrogens is 344 g/mol. The maximum Gasteiger partial charge on any atom is 0.267 e. The monoisotopic (exact) mass is 362 g/mol. The van der Waals surface area contributed by atoms with Gasteiger partial charge in [0, 0.05) is 25.5 Å². The van der Waals surface area contributed by atoms with Crippen LogP contribution in [0.2, 0.25) is 0 Å². The van der Waals surface area contributed by atoms with Gasteiger partial charge in [-0.3, -0.25) is 14.5 Å². The number of nitrogens with one attached hydrogen (secondary N) is 2. The molecule has 0 bridgehead atoms. The van der Waals surface area contributed by atoms with Crippen LogP contribution < -0.4 is 10.9 Å². The Hall–Kier alpha value is -3.26. The van der Waals surface area contributed by atoms with Crippen LogP contribution in [0.1, 0.15) is 12.8 Å². The predicted octanol–water partition coefficient (Wildman–Crippen LogP) is 2.25. The Kier molecular flexibility index (Phi) is 3.83. The zero-order chi connectivity index (χ0) is 18.2. The smallest absolute Gasteiger partial charge is 0.267 e. The molecule has 1 aliphatic rings. The number of para-hydroxylation sites is 1. The van der Waals surface area contributed by atoms with Crippen molar-refractivity contribution in [2.45, 2.75) is 18.9 Å². The summed E-state index contributed by atoms with van der Waals surface area (Å²) in [4.78, 5) is 22.1. The highest BCUT2D eigenvalue weighted by Gasteiger charge is 2.18. The minimum atomic E-state index is -0.166. The molecule has 1 atom stereocenters. The van der Waals surface area contributed by atoms with Crippen molar-refractivity contribution in [3.05, 3.63) is 53.1 Å². The van der Waals surface area contributed by atoms with Gasteiger partial charge in [0.05, 0.1) is 22.6 Å². The molecule has 3 aromatic heterocycles. The number of fused-ring (bicyclic) bond motifs is 3. The van der Waals surface area contributed by atoms with Gasteiger partial charge >= 0.3 is 0 Å². The number of pyridine rings is 1. The van der Waals surface area contributed by atoms with Crippen molar-refractivity contribution in [2.24, 2.45) is 0 Å². The number of hydrogen-bond donors (Lipinski definition) is 2. The topological polar surface area (TPSA) is 97.7 Å². The molecule has 8 heteroatoms. The number of hydrogen-bond acceptors (Lipinski definition) is 6. The van der Waals surface area contributed by atoms with Gasteiger partial charge in [-0.25, -0.2) is 4.98 Å². The molecule has 1 aliphatic heterocycles. The van der Waals surface area contributed by atoms with Crippen LogP contribution in [-0.2, 0) is 4.74 Å². The molecule has 1 aromatic carbocycles. The summed E-state index contributed by atoms with van der Waals surface area (Å²) in [6, 6.07) is 9.47. The normalized spacial score (nSPS) is 17.0. The lowest BCUT2D eigenvalue weighted by Gasteiger charge is -2.13. The summed E-state index contributed by atoms with van der Waals surface area (Å²) in [5.74, 6) is 0.469. The summed E-state index contributed by atoms with van der Waals surface area (Å²) in [5, 5.41) is 11.5. The van der Waals surface area contributed by atoms with Crippen LogP contribution in [0, 0.1) is 0 Å². The molecule has 136 valence electrons. The molecular formula is C19H18N6O2. The number of ether oxygens (including phenoxy) is 1. The van der Waals surface area contributed by atoms with Gasteiger partial charge in [0.15, 0.2) is 5.65 Å². The first-order valence-corrected chi connectivity index (χ1v) is 8.97. The van der Waals surface area contributed by atoms with Crippen LogP contribution in [0.25, 0.3) is 27.6 Å². The Morgan fingerprint density at radius 2 is 2.15 bits per heavy atom. The highest BCUT2D eigenvalue weighted by molar-refractivity contribution is 6.02. The highest BCUT2D eigenvalue weighted by Crippen LogP contribution is 2.22. The standard InChI is InChI=1S/C19H18N6O2/c26-18-15-11-22-24-16(15)14-10-21-19(20-9-13-7-4-8-27-13)23-17(14)25(18)12-5-2-1-3-6-12/h1-3,5-6,10-11,13H,4,7-9H2,(H,22,24)(H,20,21,23)/t13-/m1/s1. The van der Waals surface area contributed by atoms with Crippen molar-refractivity contribution in [1.82, 2.24) is 24.7 Å². The van der Waals surface area contributed by atoms with Crippen LogP contribution in [-0.4, -0.2) is 44.0 Å². The Balaban J connectivity index is 1.67. The van der Waals surface area contributed by atoms with Crippen LogP contribution in [0.4, 0.5) is 5.95 Å². The van der Waals surface area contributed by atoms with E-state index in [4.69, 9.17) is 4.74 Å². The van der Waals surface area contributed by atoms with Crippen LogP contribution in [0.5, 0.6) is 0 Å². The first-order chi connectivity index (χ1) is 13.3. The third-order valence-corrected chi connectivity index (χ3v) is 4.84. The number of anilines is 1. The molecule has 0 spiro atoms. The van der Waals surface area contributed by atoms with Crippen molar-refractivity contribution < 1.29 is 4.74 Å². The SMILES string of the molecule is O=c1c2c[nH]nc2c2cnc(NC[C@H]3CCCO3)nc2n1-c1ccccc1. The van der Waals surface area contributed by atoms with Crippen molar-refractivity contribution in [1.29, 1.82) is 0 Å². The molecule has 27 heavy (non-hydrogen) atoms. The summed E-state index contributed by atoms with van der Waals surface area (Å²) < 4.78 is 7.24. The van der Waals surface area contributed by atoms with E-state index < -0.39 is 0 Å². The largest absolute Gasteiger partial charge is 0.376 e. The van der Waals surface area contributed by atoms with Crippen molar-refractivity contribution in [2.75, 3.05) is 18.5 Å². The fraction of sp³-hybridized carbons (Fsp3) is 0.263. The number of benzene rings is 1. The average molecular weight is 362 g/mol. The third kappa shape index (κ3) is 2.74. The van der Waals surface area contributed by atoms with Crippen LogP contribution in [0.15, 0.2) is 47.5 Å². The van der Waals surface area contributed by atoms with Gasteiger partial charge in [0.2, 0.25) is 5.95 Å². The van der Waals surface area contributed by atoms with E-state index in [0.717, 1.165) is 30.5 Å². The molecule has 5 rings (SSSR count). The summed E-state index contributed by atoms with van der Waals surface area (Å²) in [7, 11) is 0. The second-order valence-electron chi connectivity index (χ2n) is 6.57. The summed E-state index contributed by atoms with van der Waals surface area (Å²) >= 11 is 0. The van der Waals surface area contributed by atoms with E-state index in [0.29, 0.717) is 29.0 Å². The van der Waals surface area contributed by atoms with Crippen LogP contribution >= 0.6 is 0 Å². The average Bonchev–Trinajstić information content (AvgIpc) is 3.39. The Morgan fingerprint density at radius 3 is 2.96 bits per heavy atom. The summed E-state index contributed by atoms with van der Waals surface area (Å²) in [6.45, 7) is 1.45. The second-order valence-corrected chi connectivity index (χ2v) is 6.57. The van der Waals surface area contributed by atoms with E-state index in [1.54, 1.807) is 17.0 Å². The molecule has 4 aromatic rings. The Morgan fingerprint density at radius 1 is 1.26 bits per heavy atom. The van der Waals surface area contributed by atoms with E-state index in [2.05, 4.69) is 25.5 Å². The second kappa shape index (κ2) is 6.48. The van der Waals surface area contributed by atoms with E-state index in [1.165, 1.54) is 0 Å². The fourth-order valence-corrected chi connectivity index (χ4v) is 3.50. The van der Waals surface area contributed by atoms with Gasteiger partial charge in [-0.05, 0) is 25.0 Å². The number of nitrogens with zero attached hydrogens (tertiary/aromatic N) is 4. The molecule has 2 N–H and O–H groups in total. The van der Waals surface area contributed by atoms with Gasteiger partial charge < -0.3 is 10.1 Å². The third-order valence-electron chi connectivity index (χ3n) is 4.84. The number of aromatic nitrogens is 5. The quantitative estimate of drug-likeness (QED) is 0.578. The van der Waals surface area contributed by atoms with E-state index in [1.807, 2.05) is 30.3 Å². The molecule has 0 amide bonds. The van der Waals surface area contributed by atoms with Gasteiger partial charge in [-0.2, -0.15) is 10.1 Å². The van der Waals surface area contributed by atoms with E-state index >= 15 is 0 Å². The molecule has 0 unspecified atom stereocenters. The van der Waals surface area contributed by atoms with Crippen molar-refractivity contribution in [3.63, 3.8) is 0 Å². The zero-order valence-corrected chi connectivity index (χ0v) is 14.6. The Bertz CT molecular complexity index is 1160. The maximum absolute atomic E-state index is 13.1. The molecule has 4 heterocycles. The predicted molar refractivity (Wildman–Crippen MR) is 102 cm³/mol. The minimum Gasteiger partial charge on any atom is -0.376 e. The minimum absolute atomic E-state index is 0.166. The molecule has 0 saturated carbocycles. The maximum atomic E-state index is 13.1. The first kappa shape index (κ1) is 16.0. The van der Waals surface area contributed by atoms with Crippen molar-refractivity contribution in [3.8, 4) is 5.69 Å². The van der Waals surface area contributed by atoms with Gasteiger partial charge in [-0.15, -0.1) is 0 Å². The van der Waals surface area contributed by atoms with Gasteiger partial charge in [0.1, 0.15) is 5.52 Å². The van der Waals surface area contributed by atoms with Crippen LogP contribution in [0.3, 0.4) is 0 Å². The Labute approximate surface area is 154 Å². The fourth-order valence-electron chi connectivity index (χ4n) is 3.50. The number of aromatic amines is 1. The summed E-state index contributed by atoms with van der Waals surface area (Å²) in [6.07, 6.45) is 5.61. The van der Waals surface area contributed by atoms with Gasteiger partial charge in [-0.1, -0.05) is 18.2 Å². The lowest BCUT2D eigenvalue weighted by atomic mass is 10.2. The lowest BCUT2D eigenvalue weighted by Crippen LogP contribution is -2.22. The van der Waals surface area contributed by atoms with E-state index in [9.17, 15) is 4.79 Å². The summed E-state index contributed by atoms with van der Waals surface area (Å²) in [5.41, 5.74) is 1.68. The number of H-pyrrole nitrogens is 1. The van der Waals surface area contributed by atoms with E-state index in [-0.39, 0.29) is 11.7 Å². The first-order valence-electron chi connectivity index (χ1n) is 8.97. The molecule has 1 fully saturated rings. The van der Waals surface area contributed by atoms with Gasteiger partial charge in [0.25, 0.3) is 5.56 Å². The van der Waals surface area contributed by atoms with Crippen molar-refractivity contribution >= 4 is 27.9 Å². The lowest BCUT2D eigenvalue weighted by molar-refractivity contribution is 0.120. The molecule has 8 nitrogen and oxygen atoms in total. The number of rotatable bonds is 4. The highest BCUT2D eigenvalue weighted by atomic mass is 16.5. The molecule has 0 aliphatic carbocycles.